The van der Waals surface area contributed by atoms with E-state index in [1.807, 2.05) is 0 Å². The van der Waals surface area contributed by atoms with E-state index in [0.29, 0.717) is 5.75 Å². The van der Waals surface area contributed by atoms with Crippen molar-refractivity contribution in [2.75, 3.05) is 7.11 Å². The van der Waals surface area contributed by atoms with Crippen LogP contribution in [0.5, 0.6) is 5.75 Å². The number of hydrogen-bond acceptors (Lipinski definition) is 8. The molecule has 0 spiro atoms. The standard InChI is InChI=1S/C21H16N6O5/c1-13-15(11-22)21(29)26(17-9-5-6-10-18(17)32-2)25-19(13)20(28)24-23-12-14-7-3-4-8-16(14)27(30)31/h3-10,12H,1-2H3,(H,24,28)/b23-12+. The Morgan fingerprint density at radius 2 is 1.97 bits per heavy atom. The number of aromatic nitrogens is 2. The normalized spacial score (nSPS) is 10.5. The average molecular weight is 432 g/mol. The minimum absolute atomic E-state index is 0.0713. The Morgan fingerprint density at radius 3 is 2.66 bits per heavy atom. The van der Waals surface area contributed by atoms with Crippen molar-refractivity contribution >= 4 is 17.8 Å². The fourth-order valence-corrected chi connectivity index (χ4v) is 2.90. The van der Waals surface area contributed by atoms with E-state index < -0.39 is 16.4 Å². The molecule has 0 saturated heterocycles. The maximum Gasteiger partial charge on any atom is 0.292 e. The summed E-state index contributed by atoms with van der Waals surface area (Å²) in [6, 6.07) is 14.2. The first-order valence-electron chi connectivity index (χ1n) is 9.13. The van der Waals surface area contributed by atoms with Gasteiger partial charge in [0.15, 0.2) is 5.69 Å². The number of nitro groups is 1. The summed E-state index contributed by atoms with van der Waals surface area (Å²) < 4.78 is 6.15. The van der Waals surface area contributed by atoms with Crippen LogP contribution in [0.4, 0.5) is 5.69 Å². The number of nitrogens with zero attached hydrogens (tertiary/aromatic N) is 5. The first kappa shape index (κ1) is 21.8. The molecule has 3 aromatic rings. The lowest BCUT2D eigenvalue weighted by Gasteiger charge is -2.13. The lowest BCUT2D eigenvalue weighted by molar-refractivity contribution is -0.385. The largest absolute Gasteiger partial charge is 0.494 e. The van der Waals surface area contributed by atoms with Crippen molar-refractivity contribution < 1.29 is 14.5 Å². The Labute approximate surface area is 181 Å². The van der Waals surface area contributed by atoms with Crippen LogP contribution >= 0.6 is 0 Å². The number of nitriles is 1. The summed E-state index contributed by atoms with van der Waals surface area (Å²) in [5, 5.41) is 28.4. The number of benzene rings is 2. The van der Waals surface area contributed by atoms with Crippen molar-refractivity contribution in [2.45, 2.75) is 6.92 Å². The highest BCUT2D eigenvalue weighted by Crippen LogP contribution is 2.21. The van der Waals surface area contributed by atoms with Crippen LogP contribution in [0.15, 0.2) is 58.4 Å². The number of nitrogens with one attached hydrogen (secondary N) is 1. The molecule has 11 heteroatoms. The van der Waals surface area contributed by atoms with Crippen LogP contribution in [0.25, 0.3) is 5.69 Å². The monoisotopic (exact) mass is 432 g/mol. The molecule has 0 aliphatic rings. The van der Waals surface area contributed by atoms with Crippen LogP contribution in [0.1, 0.15) is 27.2 Å². The summed E-state index contributed by atoms with van der Waals surface area (Å²) in [5.41, 5.74) is 1.34. The number of amides is 1. The van der Waals surface area contributed by atoms with Gasteiger partial charge in [-0.15, -0.1) is 0 Å². The highest BCUT2D eigenvalue weighted by molar-refractivity contribution is 5.95. The quantitative estimate of drug-likeness (QED) is 0.355. The zero-order valence-corrected chi connectivity index (χ0v) is 17.0. The molecule has 0 fully saturated rings. The van der Waals surface area contributed by atoms with Crippen molar-refractivity contribution in [3.05, 3.63) is 91.4 Å². The van der Waals surface area contributed by atoms with Crippen molar-refractivity contribution in [1.29, 1.82) is 5.26 Å². The summed E-state index contributed by atoms with van der Waals surface area (Å²) in [5.74, 6) is -0.493. The molecule has 1 amide bonds. The SMILES string of the molecule is COc1ccccc1-n1nc(C(=O)N/N=C/c2ccccc2[N+](=O)[O-])c(C)c(C#N)c1=O. The van der Waals surface area contributed by atoms with Crippen LogP contribution in [-0.2, 0) is 0 Å². The third kappa shape index (κ3) is 4.19. The molecule has 1 heterocycles. The zero-order valence-electron chi connectivity index (χ0n) is 17.0. The number of ether oxygens (including phenoxy) is 1. The first-order valence-corrected chi connectivity index (χ1v) is 9.13. The van der Waals surface area contributed by atoms with E-state index in [9.17, 15) is 25.0 Å². The van der Waals surface area contributed by atoms with E-state index in [1.165, 1.54) is 32.2 Å². The highest BCUT2D eigenvalue weighted by Gasteiger charge is 2.21. The van der Waals surface area contributed by atoms with Crippen LogP contribution < -0.4 is 15.7 Å². The second-order valence-electron chi connectivity index (χ2n) is 6.36. The molecule has 2 aromatic carbocycles. The number of rotatable bonds is 6. The molecule has 0 radical (unpaired) electrons. The van der Waals surface area contributed by atoms with Gasteiger partial charge in [-0.2, -0.15) is 20.1 Å². The van der Waals surface area contributed by atoms with E-state index in [2.05, 4.69) is 15.6 Å². The van der Waals surface area contributed by atoms with Gasteiger partial charge in [0.1, 0.15) is 23.1 Å². The maximum absolute atomic E-state index is 12.8. The van der Waals surface area contributed by atoms with Crippen molar-refractivity contribution in [1.82, 2.24) is 15.2 Å². The van der Waals surface area contributed by atoms with Gasteiger partial charge in [-0.05, 0) is 25.1 Å². The third-order valence-corrected chi connectivity index (χ3v) is 4.48. The Balaban J connectivity index is 2.01. The number of carbonyl (C=O) groups excluding carboxylic acids is 1. The number of methoxy groups -OCH3 is 1. The molecule has 160 valence electrons. The zero-order chi connectivity index (χ0) is 23.3. The number of para-hydroxylation sites is 3. The van der Waals surface area contributed by atoms with Gasteiger partial charge in [-0.3, -0.25) is 19.7 Å². The van der Waals surface area contributed by atoms with Gasteiger partial charge >= 0.3 is 0 Å². The van der Waals surface area contributed by atoms with Crippen LogP contribution in [0.3, 0.4) is 0 Å². The number of carbonyl (C=O) groups is 1. The van der Waals surface area contributed by atoms with E-state index in [0.717, 1.165) is 10.9 Å². The molecule has 0 aliphatic carbocycles. The molecule has 1 aromatic heterocycles. The topological polar surface area (TPSA) is 153 Å². The van der Waals surface area contributed by atoms with Gasteiger partial charge in [-0.1, -0.05) is 24.3 Å². The average Bonchev–Trinajstić information content (AvgIpc) is 2.79. The Hall–Kier alpha value is -4.85. The van der Waals surface area contributed by atoms with E-state index in [-0.39, 0.29) is 33.8 Å². The van der Waals surface area contributed by atoms with Gasteiger partial charge < -0.3 is 4.74 Å². The fraction of sp³-hybridized carbons (Fsp3) is 0.0952. The van der Waals surface area contributed by atoms with Crippen molar-refractivity contribution in [2.24, 2.45) is 5.10 Å². The van der Waals surface area contributed by atoms with E-state index >= 15 is 0 Å². The molecule has 3 rings (SSSR count). The molecular formula is C21H16N6O5. The fourth-order valence-electron chi connectivity index (χ4n) is 2.90. The minimum Gasteiger partial charge on any atom is -0.494 e. The number of hydrazone groups is 1. The number of nitro benzene ring substituents is 1. The second kappa shape index (κ2) is 9.31. The van der Waals surface area contributed by atoms with Crippen molar-refractivity contribution in [3.8, 4) is 17.5 Å². The van der Waals surface area contributed by atoms with E-state index in [1.54, 1.807) is 36.4 Å². The summed E-state index contributed by atoms with van der Waals surface area (Å²) in [4.78, 5) is 36.0. The smallest absolute Gasteiger partial charge is 0.292 e. The summed E-state index contributed by atoms with van der Waals surface area (Å²) >= 11 is 0. The maximum atomic E-state index is 12.8. The molecule has 0 saturated carbocycles. The summed E-state index contributed by atoms with van der Waals surface area (Å²) in [6.07, 6.45) is 1.12. The van der Waals surface area contributed by atoms with Crippen LogP contribution in [0, 0.1) is 28.4 Å². The van der Waals surface area contributed by atoms with Gasteiger partial charge in [-0.25, -0.2) is 5.43 Å². The van der Waals surface area contributed by atoms with E-state index in [4.69, 9.17) is 4.74 Å². The second-order valence-corrected chi connectivity index (χ2v) is 6.36. The van der Waals surface area contributed by atoms with Crippen molar-refractivity contribution in [3.63, 3.8) is 0 Å². The Morgan fingerprint density at radius 1 is 1.28 bits per heavy atom. The third-order valence-electron chi connectivity index (χ3n) is 4.48. The lowest BCUT2D eigenvalue weighted by Crippen LogP contribution is -2.31. The van der Waals surface area contributed by atoms with Crippen LogP contribution in [-0.4, -0.2) is 33.9 Å². The molecule has 0 atom stereocenters. The van der Waals surface area contributed by atoms with Crippen LogP contribution in [0.2, 0.25) is 0 Å². The molecule has 11 nitrogen and oxygen atoms in total. The molecule has 0 unspecified atom stereocenters. The predicted octanol–water partition coefficient (Wildman–Crippen LogP) is 2.09. The molecule has 32 heavy (non-hydrogen) atoms. The molecule has 1 N–H and O–H groups in total. The Kier molecular flexibility index (Phi) is 6.36. The highest BCUT2D eigenvalue weighted by atomic mass is 16.6. The number of hydrogen-bond donors (Lipinski definition) is 1. The predicted molar refractivity (Wildman–Crippen MR) is 114 cm³/mol. The Bertz CT molecular complexity index is 1340. The van der Waals surface area contributed by atoms with Gasteiger partial charge in [0.2, 0.25) is 0 Å². The molecular weight excluding hydrogens is 416 g/mol. The van der Waals surface area contributed by atoms with Gasteiger partial charge in [0.25, 0.3) is 17.2 Å². The molecule has 0 aliphatic heterocycles. The minimum atomic E-state index is -0.808. The lowest BCUT2D eigenvalue weighted by atomic mass is 10.1. The van der Waals surface area contributed by atoms with Gasteiger partial charge in [0, 0.05) is 11.6 Å². The summed E-state index contributed by atoms with van der Waals surface area (Å²) in [7, 11) is 1.41. The molecule has 0 bridgehead atoms. The first-order chi connectivity index (χ1) is 15.4. The van der Waals surface area contributed by atoms with Gasteiger partial charge in [0.05, 0.1) is 23.8 Å². The summed E-state index contributed by atoms with van der Waals surface area (Å²) in [6.45, 7) is 1.42.